The highest BCUT2D eigenvalue weighted by Gasteiger charge is 2.58. The maximum absolute atomic E-state index is 14.7. The maximum Gasteiger partial charge on any atom is 0.261 e. The van der Waals surface area contributed by atoms with E-state index in [-0.39, 0.29) is 36.7 Å². The topological polar surface area (TPSA) is 180 Å². The molecule has 0 radical (unpaired) electrons. The number of fused-ring (bicyclic) bond motifs is 3. The van der Waals surface area contributed by atoms with Crippen LogP contribution in [0, 0.1) is 25.6 Å². The molecule has 7 rings (SSSR count). The largest absolute Gasteiger partial charge is 0.472 e. The van der Waals surface area contributed by atoms with Gasteiger partial charge in [0.1, 0.15) is 29.1 Å². The highest BCUT2D eigenvalue weighted by molar-refractivity contribution is 7.91. The molecule has 1 saturated heterocycles. The van der Waals surface area contributed by atoms with Gasteiger partial charge in [0.2, 0.25) is 21.8 Å². The summed E-state index contributed by atoms with van der Waals surface area (Å²) in [7, 11) is -3.95. The third-order valence-corrected chi connectivity index (χ3v) is 13.6. The molecule has 0 bridgehead atoms. The molecular weight excluding hydrogens is 736 g/mol. The molecule has 2 aliphatic heterocycles. The number of carbonyl (C=O) groups is 3. The smallest absolute Gasteiger partial charge is 0.261 e. The van der Waals surface area contributed by atoms with Gasteiger partial charge in [-0.1, -0.05) is 43.2 Å². The minimum atomic E-state index is -3.95. The molecule has 3 amide bonds. The van der Waals surface area contributed by atoms with Crippen LogP contribution in [0.4, 0.5) is 4.39 Å². The summed E-state index contributed by atoms with van der Waals surface area (Å²) in [6.07, 6.45) is 5.87. The van der Waals surface area contributed by atoms with Gasteiger partial charge in [0, 0.05) is 30.2 Å². The number of carbonyl (C=O) groups excluding carboxylic acids is 3. The number of benzene rings is 1. The Morgan fingerprint density at radius 1 is 1.13 bits per heavy atom. The molecule has 3 fully saturated rings. The number of thiophene rings is 1. The zero-order valence-corrected chi connectivity index (χ0v) is 31.8. The molecule has 6 atom stereocenters. The highest BCUT2D eigenvalue weighted by atomic mass is 32.2. The van der Waals surface area contributed by atoms with Gasteiger partial charge in [-0.2, -0.15) is 0 Å². The lowest BCUT2D eigenvalue weighted by Crippen LogP contribution is -2.71. The third kappa shape index (κ3) is 7.66. The molecular formula is C38H45FN6O7S2. The van der Waals surface area contributed by atoms with Gasteiger partial charge in [0.25, 0.3) is 11.8 Å². The van der Waals surface area contributed by atoms with Crippen molar-refractivity contribution in [2.45, 2.75) is 107 Å². The van der Waals surface area contributed by atoms with Gasteiger partial charge in [-0.05, 0) is 70.2 Å². The van der Waals surface area contributed by atoms with Crippen molar-refractivity contribution in [2.24, 2.45) is 5.92 Å². The number of ether oxygens (including phenoxy) is 1. The SMILES string of the molecule is C=C1CC2(C(=O)NS(=O)(=O)C3CC3)NC(=O)C3CC(Oc4nc5c(F)cccc5nc4C)CN3C(O)C(NC(=O)c3ccc(C)s3)CCCCCC=CC12. The van der Waals surface area contributed by atoms with Crippen LogP contribution in [0.1, 0.15) is 78.0 Å². The quantitative estimate of drug-likeness (QED) is 0.257. The van der Waals surface area contributed by atoms with Crippen molar-refractivity contribution in [1.82, 2.24) is 30.2 Å². The Labute approximate surface area is 317 Å². The number of amides is 3. The van der Waals surface area contributed by atoms with Crippen LogP contribution >= 0.6 is 11.3 Å². The molecule has 288 valence electrons. The molecule has 4 aliphatic rings. The zero-order valence-electron chi connectivity index (χ0n) is 30.2. The van der Waals surface area contributed by atoms with E-state index < -0.39 is 68.8 Å². The summed E-state index contributed by atoms with van der Waals surface area (Å²) in [5.41, 5.74) is -0.206. The summed E-state index contributed by atoms with van der Waals surface area (Å²) in [4.78, 5) is 53.9. The number of aromatic nitrogens is 2. The summed E-state index contributed by atoms with van der Waals surface area (Å²) in [6.45, 7) is 7.69. The van der Waals surface area contributed by atoms with Crippen LogP contribution in [0.25, 0.3) is 11.0 Å². The normalized spacial score (nSPS) is 28.2. The fraction of sp³-hybridized carbons (Fsp3) is 0.500. The third-order valence-electron chi connectivity index (χ3n) is 10.8. The average Bonchev–Trinajstić information content (AvgIpc) is 3.78. The highest BCUT2D eigenvalue weighted by Crippen LogP contribution is 2.45. The van der Waals surface area contributed by atoms with Crippen LogP contribution < -0.4 is 20.1 Å². The van der Waals surface area contributed by atoms with Crippen molar-refractivity contribution in [3.8, 4) is 5.88 Å². The first kappa shape index (κ1) is 38.0. The predicted octanol–water partition coefficient (Wildman–Crippen LogP) is 3.95. The van der Waals surface area contributed by atoms with Crippen molar-refractivity contribution in [1.29, 1.82) is 0 Å². The van der Waals surface area contributed by atoms with Crippen LogP contribution in [0.3, 0.4) is 0 Å². The van der Waals surface area contributed by atoms with E-state index in [1.165, 1.54) is 23.5 Å². The molecule has 2 aromatic heterocycles. The Kier molecular flexibility index (Phi) is 10.6. The number of para-hydroxylation sites is 1. The average molecular weight is 781 g/mol. The first-order valence-electron chi connectivity index (χ1n) is 18.4. The molecule has 16 heteroatoms. The molecule has 3 aromatic rings. The number of nitrogens with zero attached hydrogens (tertiary/aromatic N) is 3. The number of rotatable bonds is 7. The molecule has 0 spiro atoms. The molecule has 6 unspecified atom stereocenters. The molecule has 1 aromatic carbocycles. The maximum atomic E-state index is 14.7. The van der Waals surface area contributed by atoms with Crippen molar-refractivity contribution in [3.63, 3.8) is 0 Å². The van der Waals surface area contributed by atoms with Gasteiger partial charge in [-0.3, -0.25) is 24.0 Å². The lowest BCUT2D eigenvalue weighted by molar-refractivity contribution is -0.140. The number of aryl methyl sites for hydroxylation is 2. The van der Waals surface area contributed by atoms with Crippen molar-refractivity contribution in [3.05, 3.63) is 75.9 Å². The number of hydrogen-bond donors (Lipinski definition) is 4. The van der Waals surface area contributed by atoms with E-state index in [1.54, 1.807) is 24.0 Å². The van der Waals surface area contributed by atoms with Gasteiger partial charge in [0.05, 0.1) is 27.7 Å². The number of sulfonamides is 1. The van der Waals surface area contributed by atoms with Crippen LogP contribution in [-0.2, 0) is 19.6 Å². The Bertz CT molecular complexity index is 2120. The van der Waals surface area contributed by atoms with Crippen LogP contribution in [0.5, 0.6) is 5.88 Å². The number of halogens is 1. The zero-order chi connectivity index (χ0) is 38.4. The second-order valence-electron chi connectivity index (χ2n) is 14.8. The number of allylic oxidation sites excluding steroid dienone is 1. The molecule has 54 heavy (non-hydrogen) atoms. The molecule has 4 N–H and O–H groups in total. The first-order chi connectivity index (χ1) is 25.8. The van der Waals surface area contributed by atoms with E-state index in [1.807, 2.05) is 25.1 Å². The first-order valence-corrected chi connectivity index (χ1v) is 20.7. The lowest BCUT2D eigenvalue weighted by atomic mass is 9.62. The summed E-state index contributed by atoms with van der Waals surface area (Å²) < 4.78 is 49.2. The molecule has 2 saturated carbocycles. The van der Waals surface area contributed by atoms with Gasteiger partial charge in [-0.25, -0.2) is 22.8 Å². The Morgan fingerprint density at radius 2 is 1.93 bits per heavy atom. The monoisotopic (exact) mass is 780 g/mol. The van der Waals surface area contributed by atoms with Crippen molar-refractivity contribution in [2.75, 3.05) is 6.54 Å². The molecule has 13 nitrogen and oxygen atoms in total. The number of aliphatic hydroxyl groups excluding tert-OH is 1. The van der Waals surface area contributed by atoms with Gasteiger partial charge in [-0.15, -0.1) is 11.3 Å². The van der Waals surface area contributed by atoms with Gasteiger partial charge in [0.15, 0.2) is 5.82 Å². The Hall–Kier alpha value is -4.25. The van der Waals surface area contributed by atoms with E-state index >= 15 is 0 Å². The number of aliphatic hydroxyl groups is 1. The van der Waals surface area contributed by atoms with E-state index in [0.29, 0.717) is 53.8 Å². The van der Waals surface area contributed by atoms with Gasteiger partial charge < -0.3 is 20.5 Å². The minimum absolute atomic E-state index is 0.00541. The van der Waals surface area contributed by atoms with Crippen molar-refractivity contribution < 1.29 is 37.0 Å². The summed E-state index contributed by atoms with van der Waals surface area (Å²) in [5, 5.41) is 17.4. The fourth-order valence-corrected chi connectivity index (χ4v) is 9.82. The summed E-state index contributed by atoms with van der Waals surface area (Å²) >= 11 is 1.33. The second-order valence-corrected chi connectivity index (χ2v) is 18.1. The fourth-order valence-electron chi connectivity index (χ4n) is 7.68. The second kappa shape index (κ2) is 15.1. The Balaban J connectivity index is 1.22. The van der Waals surface area contributed by atoms with Crippen LogP contribution in [-0.4, -0.2) is 87.9 Å². The van der Waals surface area contributed by atoms with Crippen molar-refractivity contribution >= 4 is 50.1 Å². The van der Waals surface area contributed by atoms with E-state index in [9.17, 15) is 32.3 Å². The Morgan fingerprint density at radius 3 is 2.65 bits per heavy atom. The standard InChI is InChI=1S/C38H45FN6O7S2/c1-21-19-38(37(49)44-54(50,51)25-15-16-25)26(21)10-7-5-4-6-8-12-29(41-34(47)31-17-14-22(2)53-31)36(48)45-20-24(18-30(45)33(46)43-38)52-35-23(3)40-28-13-9-11-27(39)32(28)42-35/h7,9-11,13-14,17,24-26,29-30,36,48H,1,4-6,8,12,15-16,18-20H2,2-3H3,(H,41,47)(H,43,46)(H,44,49). The number of nitrogens with one attached hydrogen (secondary N) is 3. The molecule has 4 heterocycles. The number of hydrogen-bond acceptors (Lipinski definition) is 11. The van der Waals surface area contributed by atoms with E-state index in [2.05, 4.69) is 31.9 Å². The lowest BCUT2D eigenvalue weighted by Gasteiger charge is -2.49. The minimum Gasteiger partial charge on any atom is -0.472 e. The summed E-state index contributed by atoms with van der Waals surface area (Å²) in [5.74, 6) is -3.00. The van der Waals surface area contributed by atoms with Crippen LogP contribution in [0.15, 0.2) is 54.6 Å². The summed E-state index contributed by atoms with van der Waals surface area (Å²) in [6, 6.07) is 6.14. The predicted molar refractivity (Wildman–Crippen MR) is 201 cm³/mol. The van der Waals surface area contributed by atoms with Gasteiger partial charge >= 0.3 is 0 Å². The van der Waals surface area contributed by atoms with Crippen LogP contribution in [0.2, 0.25) is 0 Å². The van der Waals surface area contributed by atoms with E-state index in [4.69, 9.17) is 4.74 Å². The molecule has 2 aliphatic carbocycles. The van der Waals surface area contributed by atoms with E-state index in [0.717, 1.165) is 17.7 Å².